The average molecular weight is 405 g/mol. The predicted octanol–water partition coefficient (Wildman–Crippen LogP) is 5.75. The molecule has 2 rings (SSSR count). The molecule has 28 heavy (non-hydrogen) atoms. The van der Waals surface area contributed by atoms with Gasteiger partial charge in [-0.15, -0.1) is 0 Å². The molecule has 5 nitrogen and oxygen atoms in total. The number of rotatable bonds is 12. The number of hydrogen-bond donors (Lipinski definition) is 2. The van der Waals surface area contributed by atoms with Crippen molar-refractivity contribution in [3.8, 4) is 11.5 Å². The van der Waals surface area contributed by atoms with E-state index < -0.39 is 0 Å². The monoisotopic (exact) mass is 404 g/mol. The number of carbonyl (C=O) groups is 1. The van der Waals surface area contributed by atoms with Crippen molar-refractivity contribution in [1.82, 2.24) is 0 Å². The number of benzene rings is 2. The van der Waals surface area contributed by atoms with Crippen LogP contribution >= 0.6 is 11.6 Å². The number of hydrogen-bond acceptors (Lipinski definition) is 4. The number of amides is 1. The molecule has 0 unspecified atom stereocenters. The standard InChI is InChI=1S/C22H29ClN2O3/c1-3-4-5-6-7-14-28-19-11-8-17(9-12-19)24-16-22(26)25-18-10-13-21(27-2)20(23)15-18/h8-13,15,24H,3-7,14,16H2,1-2H3,(H,25,26). The second-order valence-electron chi connectivity index (χ2n) is 6.54. The normalized spacial score (nSPS) is 10.4. The highest BCUT2D eigenvalue weighted by molar-refractivity contribution is 6.32. The molecule has 0 heterocycles. The Labute approximate surface area is 172 Å². The second-order valence-corrected chi connectivity index (χ2v) is 6.95. The van der Waals surface area contributed by atoms with Crippen LogP contribution in [0.2, 0.25) is 5.02 Å². The van der Waals surface area contributed by atoms with Crippen LogP contribution in [0, 0.1) is 0 Å². The Morgan fingerprint density at radius 1 is 1.00 bits per heavy atom. The molecule has 2 aromatic carbocycles. The summed E-state index contributed by atoms with van der Waals surface area (Å²) in [7, 11) is 1.55. The highest BCUT2D eigenvalue weighted by Crippen LogP contribution is 2.27. The Kier molecular flexibility index (Phi) is 9.49. The van der Waals surface area contributed by atoms with Crippen LogP contribution in [-0.2, 0) is 4.79 Å². The van der Waals surface area contributed by atoms with E-state index in [0.29, 0.717) is 16.5 Å². The lowest BCUT2D eigenvalue weighted by atomic mass is 10.2. The SMILES string of the molecule is CCCCCCCOc1ccc(NCC(=O)Nc2ccc(OC)c(Cl)c2)cc1. The number of carbonyl (C=O) groups excluding carboxylic acids is 1. The third kappa shape index (κ3) is 7.69. The van der Waals surface area contributed by atoms with Crippen LogP contribution in [0.3, 0.4) is 0 Å². The quantitative estimate of drug-likeness (QED) is 0.442. The summed E-state index contributed by atoms with van der Waals surface area (Å²) in [5.74, 6) is 1.26. The number of anilines is 2. The zero-order valence-electron chi connectivity index (χ0n) is 16.6. The minimum absolute atomic E-state index is 0.154. The van der Waals surface area contributed by atoms with Gasteiger partial charge in [0.1, 0.15) is 11.5 Å². The van der Waals surface area contributed by atoms with E-state index in [1.807, 2.05) is 24.3 Å². The summed E-state index contributed by atoms with van der Waals surface area (Å²) < 4.78 is 10.8. The molecule has 0 aliphatic heterocycles. The Morgan fingerprint density at radius 3 is 2.39 bits per heavy atom. The number of unbranched alkanes of at least 4 members (excludes halogenated alkanes) is 4. The fourth-order valence-corrected chi connectivity index (χ4v) is 2.95. The van der Waals surface area contributed by atoms with Crippen LogP contribution in [0.4, 0.5) is 11.4 Å². The number of ether oxygens (including phenoxy) is 2. The van der Waals surface area contributed by atoms with Crippen molar-refractivity contribution < 1.29 is 14.3 Å². The summed E-state index contributed by atoms with van der Waals surface area (Å²) in [6.45, 7) is 3.11. The summed E-state index contributed by atoms with van der Waals surface area (Å²) in [4.78, 5) is 12.1. The highest BCUT2D eigenvalue weighted by atomic mass is 35.5. The van der Waals surface area contributed by atoms with Gasteiger partial charge in [-0.25, -0.2) is 0 Å². The maximum atomic E-state index is 12.1. The van der Waals surface area contributed by atoms with Gasteiger partial charge >= 0.3 is 0 Å². The predicted molar refractivity (Wildman–Crippen MR) is 116 cm³/mol. The van der Waals surface area contributed by atoms with Gasteiger partial charge in [-0.1, -0.05) is 44.2 Å². The van der Waals surface area contributed by atoms with E-state index >= 15 is 0 Å². The van der Waals surface area contributed by atoms with Crippen LogP contribution in [0.15, 0.2) is 42.5 Å². The first-order valence-electron chi connectivity index (χ1n) is 9.72. The summed E-state index contributed by atoms with van der Waals surface area (Å²) in [5.41, 5.74) is 1.48. The van der Waals surface area contributed by atoms with E-state index in [4.69, 9.17) is 21.1 Å². The van der Waals surface area contributed by atoms with E-state index in [1.54, 1.807) is 25.3 Å². The summed E-state index contributed by atoms with van der Waals surface area (Å²) in [6.07, 6.45) is 6.10. The van der Waals surface area contributed by atoms with Gasteiger partial charge in [0.2, 0.25) is 5.91 Å². The molecule has 0 bridgehead atoms. The molecule has 0 radical (unpaired) electrons. The lowest BCUT2D eigenvalue weighted by molar-refractivity contribution is -0.114. The van der Waals surface area contributed by atoms with Gasteiger partial charge in [0.15, 0.2) is 0 Å². The average Bonchev–Trinajstić information content (AvgIpc) is 2.70. The summed E-state index contributed by atoms with van der Waals surface area (Å²) in [5, 5.41) is 6.35. The molecule has 0 atom stereocenters. The molecule has 0 aliphatic rings. The Balaban J connectivity index is 1.70. The lowest BCUT2D eigenvalue weighted by Crippen LogP contribution is -2.21. The Morgan fingerprint density at radius 2 is 1.71 bits per heavy atom. The van der Waals surface area contributed by atoms with Gasteiger partial charge < -0.3 is 20.1 Å². The van der Waals surface area contributed by atoms with Crippen molar-refractivity contribution in [2.24, 2.45) is 0 Å². The number of nitrogens with one attached hydrogen (secondary N) is 2. The molecule has 0 aromatic heterocycles. The fourth-order valence-electron chi connectivity index (χ4n) is 2.70. The zero-order valence-corrected chi connectivity index (χ0v) is 17.3. The molecule has 0 saturated heterocycles. The molecule has 6 heteroatoms. The molecular formula is C22H29ClN2O3. The highest BCUT2D eigenvalue weighted by Gasteiger charge is 2.06. The third-order valence-corrected chi connectivity index (χ3v) is 4.55. The van der Waals surface area contributed by atoms with Crippen LogP contribution in [0.5, 0.6) is 11.5 Å². The first-order valence-corrected chi connectivity index (χ1v) is 10.1. The molecule has 152 valence electrons. The van der Waals surface area contributed by atoms with E-state index in [0.717, 1.165) is 24.5 Å². The maximum absolute atomic E-state index is 12.1. The molecule has 2 N–H and O–H groups in total. The molecular weight excluding hydrogens is 376 g/mol. The van der Waals surface area contributed by atoms with E-state index in [1.165, 1.54) is 25.7 Å². The van der Waals surface area contributed by atoms with Crippen molar-refractivity contribution >= 4 is 28.9 Å². The Bertz CT molecular complexity index is 735. The molecule has 1 amide bonds. The van der Waals surface area contributed by atoms with Gasteiger partial charge in [-0.05, 0) is 48.9 Å². The largest absolute Gasteiger partial charge is 0.495 e. The van der Waals surface area contributed by atoms with Gasteiger partial charge in [0.25, 0.3) is 0 Å². The van der Waals surface area contributed by atoms with E-state index in [2.05, 4.69) is 17.6 Å². The van der Waals surface area contributed by atoms with Crippen molar-refractivity contribution in [3.63, 3.8) is 0 Å². The van der Waals surface area contributed by atoms with E-state index in [9.17, 15) is 4.79 Å². The topological polar surface area (TPSA) is 59.6 Å². The van der Waals surface area contributed by atoms with Gasteiger partial charge in [-0.2, -0.15) is 0 Å². The first-order chi connectivity index (χ1) is 13.6. The van der Waals surface area contributed by atoms with Gasteiger partial charge in [-0.3, -0.25) is 4.79 Å². The van der Waals surface area contributed by atoms with Crippen LogP contribution in [0.25, 0.3) is 0 Å². The molecule has 0 fully saturated rings. The smallest absolute Gasteiger partial charge is 0.243 e. The zero-order chi connectivity index (χ0) is 20.2. The molecule has 0 spiro atoms. The molecule has 0 saturated carbocycles. The fraction of sp³-hybridized carbons (Fsp3) is 0.409. The summed E-state index contributed by atoms with van der Waals surface area (Å²) >= 11 is 6.06. The van der Waals surface area contributed by atoms with E-state index in [-0.39, 0.29) is 12.5 Å². The van der Waals surface area contributed by atoms with Crippen molar-refractivity contribution in [3.05, 3.63) is 47.5 Å². The second kappa shape index (κ2) is 12.1. The number of halogens is 1. The third-order valence-electron chi connectivity index (χ3n) is 4.26. The first kappa shape index (κ1) is 21.9. The van der Waals surface area contributed by atoms with Gasteiger partial charge in [0.05, 0.1) is 25.3 Å². The molecule has 0 aliphatic carbocycles. The van der Waals surface area contributed by atoms with Crippen molar-refractivity contribution in [2.75, 3.05) is 30.9 Å². The minimum Gasteiger partial charge on any atom is -0.495 e. The number of methoxy groups -OCH3 is 1. The van der Waals surface area contributed by atoms with Crippen LogP contribution < -0.4 is 20.1 Å². The lowest BCUT2D eigenvalue weighted by Gasteiger charge is -2.10. The van der Waals surface area contributed by atoms with Crippen molar-refractivity contribution in [1.29, 1.82) is 0 Å². The Hall–Kier alpha value is -2.40. The van der Waals surface area contributed by atoms with Crippen LogP contribution in [-0.4, -0.2) is 26.2 Å². The summed E-state index contributed by atoms with van der Waals surface area (Å²) in [6, 6.07) is 12.8. The minimum atomic E-state index is -0.159. The van der Waals surface area contributed by atoms with Crippen LogP contribution in [0.1, 0.15) is 39.0 Å². The van der Waals surface area contributed by atoms with Gasteiger partial charge in [0, 0.05) is 11.4 Å². The maximum Gasteiger partial charge on any atom is 0.243 e. The molecule has 2 aromatic rings. The van der Waals surface area contributed by atoms with Crippen molar-refractivity contribution in [2.45, 2.75) is 39.0 Å².